The third-order valence-electron chi connectivity index (χ3n) is 9.94. The Kier molecular flexibility index (Phi) is 7.53. The molecule has 2 saturated heterocycles. The van der Waals surface area contributed by atoms with Gasteiger partial charge in [-0.15, -0.1) is 13.2 Å². The van der Waals surface area contributed by atoms with Gasteiger partial charge in [0.1, 0.15) is 0 Å². The molecule has 6 atom stereocenters. The minimum absolute atomic E-state index is 0.0391. The summed E-state index contributed by atoms with van der Waals surface area (Å²) in [6.07, 6.45) is 16.4. The molecule has 0 spiro atoms. The van der Waals surface area contributed by atoms with Crippen LogP contribution in [0.15, 0.2) is 49.6 Å². The van der Waals surface area contributed by atoms with Gasteiger partial charge in [-0.1, -0.05) is 50.3 Å². The number of rotatable bonds is 12. The minimum atomic E-state index is -0.505. The van der Waals surface area contributed by atoms with E-state index < -0.39 is 11.6 Å². The van der Waals surface area contributed by atoms with Crippen molar-refractivity contribution >= 4 is 0 Å². The largest absolute Gasteiger partial charge is 0.349 e. The van der Waals surface area contributed by atoms with Gasteiger partial charge in [0, 0.05) is 23.7 Å². The second kappa shape index (κ2) is 10.4. The molecule has 0 aromatic heterocycles. The number of hydrogen-bond acceptors (Lipinski definition) is 4. The molecule has 1 aromatic carbocycles. The Morgan fingerprint density at radius 1 is 0.750 bits per heavy atom. The van der Waals surface area contributed by atoms with Crippen molar-refractivity contribution in [3.8, 4) is 0 Å². The molecule has 4 heteroatoms. The second-order valence-electron chi connectivity index (χ2n) is 11.6. The summed E-state index contributed by atoms with van der Waals surface area (Å²) in [5.74, 6) is -1.01. The van der Waals surface area contributed by atoms with E-state index >= 15 is 0 Å². The van der Waals surface area contributed by atoms with Gasteiger partial charge < -0.3 is 18.9 Å². The first-order valence-corrected chi connectivity index (χ1v) is 14.5. The molecule has 5 rings (SSSR count). The summed E-state index contributed by atoms with van der Waals surface area (Å²) in [5.41, 5.74) is 2.58. The number of ether oxygens (including phenoxy) is 4. The molecule has 0 unspecified atom stereocenters. The van der Waals surface area contributed by atoms with Crippen molar-refractivity contribution in [1.82, 2.24) is 0 Å². The highest BCUT2D eigenvalue weighted by atomic mass is 16.7. The van der Waals surface area contributed by atoms with E-state index in [1.807, 2.05) is 0 Å². The minimum Gasteiger partial charge on any atom is -0.349 e. The molecule has 4 fully saturated rings. The Morgan fingerprint density at radius 3 is 1.58 bits per heavy atom. The van der Waals surface area contributed by atoms with Crippen LogP contribution in [-0.4, -0.2) is 24.8 Å². The highest BCUT2D eigenvalue weighted by molar-refractivity contribution is 5.32. The Bertz CT molecular complexity index is 841. The second-order valence-corrected chi connectivity index (χ2v) is 11.6. The maximum absolute atomic E-state index is 7.09. The lowest BCUT2D eigenvalue weighted by Gasteiger charge is -2.43. The van der Waals surface area contributed by atoms with Crippen molar-refractivity contribution in [1.29, 1.82) is 0 Å². The van der Waals surface area contributed by atoms with E-state index in [0.717, 1.165) is 90.3 Å². The molecule has 2 aliphatic heterocycles. The number of allylic oxidation sites excluding steroid dienone is 2. The predicted octanol–water partition coefficient (Wildman–Crippen LogP) is 8.35. The summed E-state index contributed by atoms with van der Waals surface area (Å²) >= 11 is 0. The van der Waals surface area contributed by atoms with Crippen molar-refractivity contribution < 1.29 is 18.9 Å². The normalized spacial score (nSPS) is 36.9. The third-order valence-corrected chi connectivity index (χ3v) is 9.94. The first-order chi connectivity index (χ1) is 17.5. The van der Waals surface area contributed by atoms with Gasteiger partial charge in [0.05, 0.1) is 25.4 Å². The zero-order chi connectivity index (χ0) is 25.3. The van der Waals surface area contributed by atoms with Gasteiger partial charge in [0.15, 0.2) is 11.6 Å². The number of hydrogen-bond donors (Lipinski definition) is 0. The summed E-state index contributed by atoms with van der Waals surface area (Å²) in [6, 6.07) is 8.75. The molecular weight excluding hydrogens is 448 g/mol. The molecule has 4 nitrogen and oxygen atoms in total. The smallest absolute Gasteiger partial charge is 0.175 e. The van der Waals surface area contributed by atoms with Crippen LogP contribution in [0.5, 0.6) is 0 Å². The molecule has 0 N–H and O–H groups in total. The lowest BCUT2D eigenvalue weighted by atomic mass is 9.77. The van der Waals surface area contributed by atoms with Gasteiger partial charge in [-0.25, -0.2) is 0 Å². The molecule has 1 aromatic rings. The standard InChI is InChI=1S/C32H46O4/c1-5-15-29-17-11-19-31(29,33-23-21-29)35-27(7-3)25-13-9-10-14-26(25)28(8-4)36-32-20-12-18-30(32,16-6-2)22-24-34-32/h5-6,9-10,13-14,27-28H,1-2,7-8,11-12,15-24H2,3-4H3/t27-,28-,29+,30+,31-,32-/m0/s1. The lowest BCUT2D eigenvalue weighted by Crippen LogP contribution is -2.44. The van der Waals surface area contributed by atoms with E-state index in [0.29, 0.717) is 0 Å². The molecule has 0 amide bonds. The fourth-order valence-corrected chi connectivity index (χ4v) is 8.13. The van der Waals surface area contributed by atoms with Gasteiger partial charge in [0.2, 0.25) is 0 Å². The van der Waals surface area contributed by atoms with Crippen LogP contribution < -0.4 is 0 Å². The Hall–Kier alpha value is -1.46. The molecule has 2 saturated carbocycles. The maximum atomic E-state index is 7.09. The van der Waals surface area contributed by atoms with Crippen molar-refractivity contribution in [3.05, 3.63) is 60.7 Å². The Labute approximate surface area is 218 Å². The third kappa shape index (κ3) is 4.04. The highest BCUT2D eigenvalue weighted by Gasteiger charge is 2.62. The quantitative estimate of drug-likeness (QED) is 0.274. The van der Waals surface area contributed by atoms with Gasteiger partial charge in [-0.3, -0.25) is 0 Å². The van der Waals surface area contributed by atoms with Gasteiger partial charge in [-0.2, -0.15) is 0 Å². The van der Waals surface area contributed by atoms with Crippen molar-refractivity contribution in [2.75, 3.05) is 13.2 Å². The molecule has 0 bridgehead atoms. The molecule has 2 heterocycles. The van der Waals surface area contributed by atoms with Gasteiger partial charge in [0.25, 0.3) is 0 Å². The predicted molar refractivity (Wildman–Crippen MR) is 143 cm³/mol. The van der Waals surface area contributed by atoms with Crippen LogP contribution in [0.2, 0.25) is 0 Å². The van der Waals surface area contributed by atoms with Crippen LogP contribution in [0.4, 0.5) is 0 Å². The van der Waals surface area contributed by atoms with Gasteiger partial charge in [-0.05, 0) is 75.3 Å². The summed E-state index contributed by atoms with van der Waals surface area (Å²) in [6.45, 7) is 14.1. The average molecular weight is 495 g/mol. The summed E-state index contributed by atoms with van der Waals surface area (Å²) in [5, 5.41) is 0. The Morgan fingerprint density at radius 2 is 1.19 bits per heavy atom. The molecule has 2 aliphatic carbocycles. The fourth-order valence-electron chi connectivity index (χ4n) is 8.13. The fraction of sp³-hybridized carbons (Fsp3) is 0.688. The monoisotopic (exact) mass is 494 g/mol. The van der Waals surface area contributed by atoms with E-state index in [-0.39, 0.29) is 23.0 Å². The van der Waals surface area contributed by atoms with Crippen LogP contribution in [0.1, 0.15) is 114 Å². The SMILES string of the molecule is C=CC[C@]12CCC[C@@]1(O[C@@H](CC)c1ccccc1[C@H](CC)O[C@@]13CCC[C@]1(CC=C)CCO3)OCC2. The van der Waals surface area contributed by atoms with Crippen LogP contribution in [-0.2, 0) is 18.9 Å². The zero-order valence-electron chi connectivity index (χ0n) is 22.6. The lowest BCUT2D eigenvalue weighted by molar-refractivity contribution is -0.276. The van der Waals surface area contributed by atoms with Gasteiger partial charge >= 0.3 is 0 Å². The average Bonchev–Trinajstić information content (AvgIpc) is 3.58. The Balaban J connectivity index is 1.44. The molecule has 4 aliphatic rings. The molecular formula is C32H46O4. The van der Waals surface area contributed by atoms with Crippen molar-refractivity contribution in [3.63, 3.8) is 0 Å². The molecule has 198 valence electrons. The van der Waals surface area contributed by atoms with Crippen molar-refractivity contribution in [2.24, 2.45) is 10.8 Å². The molecule has 36 heavy (non-hydrogen) atoms. The van der Waals surface area contributed by atoms with E-state index in [4.69, 9.17) is 18.9 Å². The summed E-state index contributed by atoms with van der Waals surface area (Å²) < 4.78 is 27.1. The van der Waals surface area contributed by atoms with Crippen LogP contribution >= 0.6 is 0 Å². The zero-order valence-corrected chi connectivity index (χ0v) is 22.6. The van der Waals surface area contributed by atoms with Crippen molar-refractivity contribution in [2.45, 2.75) is 115 Å². The number of fused-ring (bicyclic) bond motifs is 2. The van der Waals surface area contributed by atoms with Crippen LogP contribution in [0.3, 0.4) is 0 Å². The topological polar surface area (TPSA) is 36.9 Å². The van der Waals surface area contributed by atoms with E-state index in [9.17, 15) is 0 Å². The van der Waals surface area contributed by atoms with E-state index in [2.05, 4.69) is 63.4 Å². The summed E-state index contributed by atoms with van der Waals surface area (Å²) in [4.78, 5) is 0. The molecule has 0 radical (unpaired) electrons. The van der Waals surface area contributed by atoms with Crippen LogP contribution in [0.25, 0.3) is 0 Å². The summed E-state index contributed by atoms with van der Waals surface area (Å²) in [7, 11) is 0. The maximum Gasteiger partial charge on any atom is 0.175 e. The van der Waals surface area contributed by atoms with E-state index in [1.54, 1.807) is 0 Å². The van der Waals surface area contributed by atoms with Crippen LogP contribution in [0, 0.1) is 10.8 Å². The first kappa shape index (κ1) is 26.2. The first-order valence-electron chi connectivity index (χ1n) is 14.5. The highest BCUT2D eigenvalue weighted by Crippen LogP contribution is 2.61. The number of benzene rings is 1. The van der Waals surface area contributed by atoms with E-state index in [1.165, 1.54) is 11.1 Å².